The van der Waals surface area contributed by atoms with Gasteiger partial charge in [-0.25, -0.2) is 0 Å². The number of carbonyl (C=O) groups is 1. The van der Waals surface area contributed by atoms with Gasteiger partial charge in [-0.3, -0.25) is 9.59 Å². The predicted molar refractivity (Wildman–Crippen MR) is 74.2 cm³/mol. The van der Waals surface area contributed by atoms with Gasteiger partial charge >= 0.3 is 6.18 Å². The molecule has 1 amide bonds. The van der Waals surface area contributed by atoms with Gasteiger partial charge in [-0.2, -0.15) is 13.2 Å². The van der Waals surface area contributed by atoms with Crippen molar-refractivity contribution in [3.8, 4) is 0 Å². The van der Waals surface area contributed by atoms with Gasteiger partial charge < -0.3 is 10.3 Å². The van der Waals surface area contributed by atoms with E-state index < -0.39 is 23.2 Å². The molecule has 0 atom stereocenters. The van der Waals surface area contributed by atoms with Crippen molar-refractivity contribution in [3.05, 3.63) is 62.5 Å². The van der Waals surface area contributed by atoms with Crippen molar-refractivity contribution in [2.45, 2.75) is 6.18 Å². The summed E-state index contributed by atoms with van der Waals surface area (Å²) in [6.45, 7) is 0. The van der Waals surface area contributed by atoms with E-state index in [-0.39, 0.29) is 11.3 Å². The third kappa shape index (κ3) is 3.72. The molecule has 1 aromatic heterocycles. The van der Waals surface area contributed by atoms with Crippen LogP contribution in [0.15, 0.2) is 45.8 Å². The second kappa shape index (κ2) is 5.72. The molecule has 0 spiro atoms. The molecule has 2 aromatic rings. The third-order valence-corrected chi connectivity index (χ3v) is 3.03. The molecule has 0 saturated carbocycles. The lowest BCUT2D eigenvalue weighted by molar-refractivity contribution is -0.137. The summed E-state index contributed by atoms with van der Waals surface area (Å²) in [5.74, 6) is -0.801. The number of rotatable bonds is 2. The first-order valence-electron chi connectivity index (χ1n) is 5.64. The van der Waals surface area contributed by atoms with E-state index in [1.54, 1.807) is 0 Å². The van der Waals surface area contributed by atoms with Crippen molar-refractivity contribution in [3.63, 3.8) is 0 Å². The van der Waals surface area contributed by atoms with E-state index in [0.717, 1.165) is 18.2 Å². The Balaban J connectivity index is 2.29. The van der Waals surface area contributed by atoms with Crippen LogP contribution < -0.4 is 10.9 Å². The largest absolute Gasteiger partial charge is 0.416 e. The molecule has 21 heavy (non-hydrogen) atoms. The number of benzene rings is 1. The lowest BCUT2D eigenvalue weighted by Gasteiger charge is -2.09. The van der Waals surface area contributed by atoms with E-state index in [4.69, 9.17) is 0 Å². The SMILES string of the molecule is O=C(Nc1cc(Br)c[nH]c1=O)c1cccc(C(F)(F)F)c1. The number of pyridine rings is 1. The van der Waals surface area contributed by atoms with Crippen LogP contribution in [0.4, 0.5) is 18.9 Å². The standard InChI is InChI=1S/C13H8BrF3N2O2/c14-9-5-10(12(21)18-6-9)19-11(20)7-2-1-3-8(4-7)13(15,16)17/h1-6H,(H,18,21)(H,19,20). The van der Waals surface area contributed by atoms with Crippen molar-refractivity contribution >= 4 is 27.5 Å². The lowest BCUT2D eigenvalue weighted by Crippen LogP contribution is -2.20. The van der Waals surface area contributed by atoms with Crippen LogP contribution in [0.2, 0.25) is 0 Å². The normalized spacial score (nSPS) is 11.2. The summed E-state index contributed by atoms with van der Waals surface area (Å²) in [6, 6.07) is 5.30. The maximum absolute atomic E-state index is 12.6. The highest BCUT2D eigenvalue weighted by Crippen LogP contribution is 2.29. The van der Waals surface area contributed by atoms with Crippen LogP contribution in [0.5, 0.6) is 0 Å². The highest BCUT2D eigenvalue weighted by molar-refractivity contribution is 9.10. The zero-order chi connectivity index (χ0) is 15.6. The fourth-order valence-electron chi connectivity index (χ4n) is 1.58. The monoisotopic (exact) mass is 360 g/mol. The molecule has 0 unspecified atom stereocenters. The number of halogens is 4. The van der Waals surface area contributed by atoms with Crippen molar-refractivity contribution in [1.82, 2.24) is 4.98 Å². The van der Waals surface area contributed by atoms with Gasteiger partial charge in [0, 0.05) is 16.2 Å². The molecule has 0 radical (unpaired) electrons. The second-order valence-electron chi connectivity index (χ2n) is 4.09. The number of anilines is 1. The minimum Gasteiger partial charge on any atom is -0.326 e. The molecule has 0 aliphatic heterocycles. The summed E-state index contributed by atoms with van der Waals surface area (Å²) in [4.78, 5) is 25.8. The van der Waals surface area contributed by atoms with Gasteiger partial charge in [0.05, 0.1) is 5.56 Å². The van der Waals surface area contributed by atoms with Gasteiger partial charge in [0.15, 0.2) is 0 Å². The number of aromatic amines is 1. The Morgan fingerprint density at radius 3 is 2.62 bits per heavy atom. The van der Waals surface area contributed by atoms with Crippen molar-refractivity contribution in [1.29, 1.82) is 0 Å². The molecule has 0 aliphatic rings. The smallest absolute Gasteiger partial charge is 0.326 e. The minimum atomic E-state index is -4.54. The number of alkyl halides is 3. The van der Waals surface area contributed by atoms with Crippen LogP contribution in [-0.4, -0.2) is 10.9 Å². The summed E-state index contributed by atoms with van der Waals surface area (Å²) in [6.07, 6.45) is -3.16. The van der Waals surface area contributed by atoms with Gasteiger partial charge in [-0.1, -0.05) is 6.07 Å². The molecule has 8 heteroatoms. The molecular formula is C13H8BrF3N2O2. The first kappa shape index (κ1) is 15.3. The fraction of sp³-hybridized carbons (Fsp3) is 0.0769. The third-order valence-electron chi connectivity index (χ3n) is 2.57. The number of carbonyl (C=O) groups excluding carboxylic acids is 1. The molecule has 0 bridgehead atoms. The van der Waals surface area contributed by atoms with Crippen LogP contribution >= 0.6 is 15.9 Å². The highest BCUT2D eigenvalue weighted by atomic mass is 79.9. The number of hydrogen-bond donors (Lipinski definition) is 2. The average molecular weight is 361 g/mol. The Bertz CT molecular complexity index is 741. The van der Waals surface area contributed by atoms with Crippen LogP contribution in [0, 0.1) is 0 Å². The Morgan fingerprint density at radius 2 is 1.95 bits per heavy atom. The molecular weight excluding hydrogens is 353 g/mol. The van der Waals surface area contributed by atoms with Crippen molar-refractivity contribution in [2.24, 2.45) is 0 Å². The van der Waals surface area contributed by atoms with Crippen LogP contribution in [0.3, 0.4) is 0 Å². The Labute approximate surface area is 125 Å². The number of amides is 1. The second-order valence-corrected chi connectivity index (χ2v) is 5.01. The summed E-state index contributed by atoms with van der Waals surface area (Å²) in [5, 5.41) is 2.27. The molecule has 0 saturated heterocycles. The van der Waals surface area contributed by atoms with E-state index in [1.165, 1.54) is 18.3 Å². The minimum absolute atomic E-state index is 0.0632. The number of hydrogen-bond acceptors (Lipinski definition) is 2. The fourth-order valence-corrected chi connectivity index (χ4v) is 1.92. The molecule has 0 aliphatic carbocycles. The Morgan fingerprint density at radius 1 is 1.24 bits per heavy atom. The van der Waals surface area contributed by atoms with Crippen LogP contribution in [-0.2, 0) is 6.18 Å². The van der Waals surface area contributed by atoms with E-state index in [0.29, 0.717) is 4.47 Å². The zero-order valence-electron chi connectivity index (χ0n) is 10.3. The topological polar surface area (TPSA) is 62.0 Å². The predicted octanol–water partition coefficient (Wildman–Crippen LogP) is 3.41. The molecule has 0 fully saturated rings. The molecule has 110 valence electrons. The van der Waals surface area contributed by atoms with Gasteiger partial charge in [0.2, 0.25) is 0 Å². The summed E-state index contributed by atoms with van der Waals surface area (Å²) >= 11 is 3.11. The summed E-state index contributed by atoms with van der Waals surface area (Å²) in [5.41, 5.74) is -1.74. The molecule has 2 N–H and O–H groups in total. The average Bonchev–Trinajstić information content (AvgIpc) is 2.42. The number of H-pyrrole nitrogens is 1. The van der Waals surface area contributed by atoms with Crippen molar-refractivity contribution in [2.75, 3.05) is 5.32 Å². The highest BCUT2D eigenvalue weighted by Gasteiger charge is 2.30. The molecule has 2 rings (SSSR count). The summed E-state index contributed by atoms with van der Waals surface area (Å²) < 4.78 is 38.3. The first-order chi connectivity index (χ1) is 9.77. The summed E-state index contributed by atoms with van der Waals surface area (Å²) in [7, 11) is 0. The number of nitrogens with one attached hydrogen (secondary N) is 2. The van der Waals surface area contributed by atoms with Crippen LogP contribution in [0.25, 0.3) is 0 Å². The van der Waals surface area contributed by atoms with Crippen LogP contribution in [0.1, 0.15) is 15.9 Å². The van der Waals surface area contributed by atoms with Crippen molar-refractivity contribution < 1.29 is 18.0 Å². The van der Waals surface area contributed by atoms with E-state index >= 15 is 0 Å². The Hall–Kier alpha value is -2.09. The maximum atomic E-state index is 12.6. The molecule has 1 aromatic carbocycles. The first-order valence-corrected chi connectivity index (χ1v) is 6.43. The van der Waals surface area contributed by atoms with E-state index in [2.05, 4.69) is 26.2 Å². The Kier molecular flexibility index (Phi) is 4.17. The maximum Gasteiger partial charge on any atom is 0.416 e. The van der Waals surface area contributed by atoms with Gasteiger partial charge in [0.1, 0.15) is 5.69 Å². The van der Waals surface area contributed by atoms with Gasteiger partial charge in [-0.15, -0.1) is 0 Å². The van der Waals surface area contributed by atoms with E-state index in [1.807, 2.05) is 0 Å². The number of aromatic nitrogens is 1. The lowest BCUT2D eigenvalue weighted by atomic mass is 10.1. The quantitative estimate of drug-likeness (QED) is 0.861. The van der Waals surface area contributed by atoms with Gasteiger partial charge in [-0.05, 0) is 40.2 Å². The van der Waals surface area contributed by atoms with E-state index in [9.17, 15) is 22.8 Å². The molecule has 1 heterocycles. The zero-order valence-corrected chi connectivity index (χ0v) is 11.9. The van der Waals surface area contributed by atoms with Gasteiger partial charge in [0.25, 0.3) is 11.5 Å². The molecule has 4 nitrogen and oxygen atoms in total.